The molecule has 1 amide bonds. The fourth-order valence-electron chi connectivity index (χ4n) is 4.14. The number of amides is 1. The molecule has 0 aliphatic carbocycles. The lowest BCUT2D eigenvalue weighted by Crippen LogP contribution is -2.30. The van der Waals surface area contributed by atoms with E-state index >= 15 is 0 Å². The molecule has 0 aliphatic heterocycles. The zero-order valence-corrected chi connectivity index (χ0v) is 22.0. The minimum absolute atomic E-state index is 0.0796. The predicted molar refractivity (Wildman–Crippen MR) is 145 cm³/mol. The summed E-state index contributed by atoms with van der Waals surface area (Å²) in [6.07, 6.45) is 1.67. The van der Waals surface area contributed by atoms with Crippen LogP contribution in [0, 0.1) is 6.92 Å². The van der Waals surface area contributed by atoms with Crippen LogP contribution in [0.2, 0.25) is 0 Å². The summed E-state index contributed by atoms with van der Waals surface area (Å²) in [5, 5.41) is 3.65. The minimum atomic E-state index is -3.71. The van der Waals surface area contributed by atoms with Gasteiger partial charge in [-0.05, 0) is 66.1 Å². The van der Waals surface area contributed by atoms with E-state index < -0.39 is 15.9 Å². The van der Waals surface area contributed by atoms with Crippen molar-refractivity contribution < 1.29 is 17.9 Å². The second-order valence-corrected chi connectivity index (χ2v) is 10.4. The van der Waals surface area contributed by atoms with Crippen LogP contribution in [0.5, 0.6) is 5.75 Å². The fraction of sp³-hybridized carbons (Fsp3) is 0.222. The molecule has 0 bridgehead atoms. The van der Waals surface area contributed by atoms with E-state index in [2.05, 4.69) is 15.3 Å². The number of nitrogens with two attached hydrogens (primary N) is 1. The predicted octanol–water partition coefficient (Wildman–Crippen LogP) is 4.48. The Kier molecular flexibility index (Phi) is 7.42. The van der Waals surface area contributed by atoms with Crippen molar-refractivity contribution in [2.24, 2.45) is 0 Å². The molecule has 3 aromatic carbocycles. The van der Waals surface area contributed by atoms with Gasteiger partial charge in [0.25, 0.3) is 5.91 Å². The van der Waals surface area contributed by atoms with Crippen LogP contribution >= 0.6 is 0 Å². The molecule has 0 radical (unpaired) electrons. The van der Waals surface area contributed by atoms with Gasteiger partial charge in [0.1, 0.15) is 5.75 Å². The average Bonchev–Trinajstić information content (AvgIpc) is 2.89. The lowest BCUT2D eigenvalue weighted by atomic mass is 9.97. The molecule has 9 nitrogen and oxygen atoms in total. The number of hydrogen-bond acceptors (Lipinski definition) is 7. The van der Waals surface area contributed by atoms with E-state index in [-0.39, 0.29) is 16.5 Å². The Morgan fingerprint density at radius 2 is 1.81 bits per heavy atom. The molecule has 0 saturated heterocycles. The summed E-state index contributed by atoms with van der Waals surface area (Å²) in [6.45, 7) is 6.20. The van der Waals surface area contributed by atoms with Crippen molar-refractivity contribution in [1.82, 2.24) is 14.3 Å². The van der Waals surface area contributed by atoms with Crippen molar-refractivity contribution in [2.75, 3.05) is 31.2 Å². The average molecular weight is 520 g/mol. The first kappa shape index (κ1) is 26.1. The van der Waals surface area contributed by atoms with Gasteiger partial charge in [0.05, 0.1) is 23.2 Å². The number of fused-ring (bicyclic) bond motifs is 1. The second-order valence-electron chi connectivity index (χ2n) is 8.44. The third-order valence-corrected chi connectivity index (χ3v) is 8.22. The number of aromatic nitrogens is 2. The number of methoxy groups -OCH3 is 1. The van der Waals surface area contributed by atoms with Crippen LogP contribution in [0.15, 0.2) is 65.7 Å². The largest absolute Gasteiger partial charge is 0.495 e. The van der Waals surface area contributed by atoms with Gasteiger partial charge in [-0.25, -0.2) is 18.4 Å². The molecule has 3 N–H and O–H groups in total. The van der Waals surface area contributed by atoms with Gasteiger partial charge in [0.15, 0.2) is 0 Å². The zero-order chi connectivity index (χ0) is 26.7. The van der Waals surface area contributed by atoms with Crippen LogP contribution < -0.4 is 15.8 Å². The normalized spacial score (nSPS) is 11.6. The third kappa shape index (κ3) is 5.25. The van der Waals surface area contributed by atoms with Gasteiger partial charge in [0.2, 0.25) is 16.0 Å². The Hall–Kier alpha value is -4.02. The van der Waals surface area contributed by atoms with Crippen molar-refractivity contribution in [3.63, 3.8) is 0 Å². The highest BCUT2D eigenvalue weighted by atomic mass is 32.2. The lowest BCUT2D eigenvalue weighted by Gasteiger charge is -2.19. The van der Waals surface area contributed by atoms with Crippen LogP contribution in [0.25, 0.3) is 22.0 Å². The van der Waals surface area contributed by atoms with E-state index in [4.69, 9.17) is 10.5 Å². The maximum atomic E-state index is 13.3. The molecule has 0 aliphatic rings. The van der Waals surface area contributed by atoms with Crippen LogP contribution in [0.1, 0.15) is 29.8 Å². The van der Waals surface area contributed by atoms with Crippen LogP contribution in [-0.2, 0) is 10.0 Å². The molecule has 1 heterocycles. The van der Waals surface area contributed by atoms with Crippen molar-refractivity contribution in [1.29, 1.82) is 0 Å². The van der Waals surface area contributed by atoms with Gasteiger partial charge in [-0.15, -0.1) is 0 Å². The summed E-state index contributed by atoms with van der Waals surface area (Å²) in [6, 6.07) is 15.6. The number of aryl methyl sites for hydroxylation is 1. The van der Waals surface area contributed by atoms with Gasteiger partial charge in [0, 0.05) is 30.2 Å². The number of ether oxygens (including phenoxy) is 1. The summed E-state index contributed by atoms with van der Waals surface area (Å²) in [5.41, 5.74) is 9.85. The molecule has 4 aromatic rings. The Labute approximate surface area is 216 Å². The van der Waals surface area contributed by atoms with E-state index in [1.165, 1.54) is 29.6 Å². The van der Waals surface area contributed by atoms with Gasteiger partial charge >= 0.3 is 0 Å². The lowest BCUT2D eigenvalue weighted by molar-refractivity contribution is 0.102. The van der Waals surface area contributed by atoms with Crippen molar-refractivity contribution in [2.45, 2.75) is 25.7 Å². The number of nitrogens with zero attached hydrogens (tertiary/aromatic N) is 3. The van der Waals surface area contributed by atoms with Crippen LogP contribution in [0.4, 0.5) is 11.6 Å². The SMILES string of the molecule is CCN(CC)S(=O)(=O)c1ccc(OC)c(NC(=O)c2ccc(C)c(-c3ccc4nc(N)ncc4c3)c2)c1. The number of rotatable bonds is 8. The Morgan fingerprint density at radius 1 is 1.05 bits per heavy atom. The number of nitrogen functional groups attached to an aromatic ring is 1. The maximum Gasteiger partial charge on any atom is 0.255 e. The topological polar surface area (TPSA) is 128 Å². The van der Waals surface area contributed by atoms with Gasteiger partial charge < -0.3 is 15.8 Å². The zero-order valence-electron chi connectivity index (χ0n) is 21.1. The summed E-state index contributed by atoms with van der Waals surface area (Å²) in [5.74, 6) is 0.168. The minimum Gasteiger partial charge on any atom is -0.495 e. The maximum absolute atomic E-state index is 13.3. The summed E-state index contributed by atoms with van der Waals surface area (Å²) in [7, 11) is -2.25. The second kappa shape index (κ2) is 10.5. The molecule has 4 rings (SSSR count). The molecular weight excluding hydrogens is 490 g/mol. The summed E-state index contributed by atoms with van der Waals surface area (Å²) >= 11 is 0. The molecule has 1 aromatic heterocycles. The monoisotopic (exact) mass is 519 g/mol. The quantitative estimate of drug-likeness (QED) is 0.351. The Bertz CT molecular complexity index is 1580. The van der Waals surface area contributed by atoms with Crippen molar-refractivity contribution >= 4 is 38.5 Å². The number of carbonyl (C=O) groups excluding carboxylic acids is 1. The van der Waals surface area contributed by atoms with E-state index in [1.807, 2.05) is 31.2 Å². The summed E-state index contributed by atoms with van der Waals surface area (Å²) < 4.78 is 32.8. The molecule has 0 atom stereocenters. The van der Waals surface area contributed by atoms with Crippen LogP contribution in [-0.4, -0.2) is 48.8 Å². The van der Waals surface area contributed by atoms with E-state index in [1.54, 1.807) is 32.2 Å². The highest BCUT2D eigenvalue weighted by Gasteiger charge is 2.23. The number of anilines is 2. The van der Waals surface area contributed by atoms with Gasteiger partial charge in [-0.1, -0.05) is 26.0 Å². The molecule has 10 heteroatoms. The van der Waals surface area contributed by atoms with E-state index in [0.29, 0.717) is 24.4 Å². The van der Waals surface area contributed by atoms with E-state index in [0.717, 1.165) is 27.6 Å². The molecule has 0 spiro atoms. The van der Waals surface area contributed by atoms with Crippen molar-refractivity contribution in [3.05, 3.63) is 71.9 Å². The number of sulfonamides is 1. The molecule has 0 saturated carbocycles. The van der Waals surface area contributed by atoms with E-state index in [9.17, 15) is 13.2 Å². The Morgan fingerprint density at radius 3 is 2.51 bits per heavy atom. The summed E-state index contributed by atoms with van der Waals surface area (Å²) in [4.78, 5) is 21.7. The highest BCUT2D eigenvalue weighted by Crippen LogP contribution is 2.31. The first-order chi connectivity index (χ1) is 17.7. The first-order valence-corrected chi connectivity index (χ1v) is 13.2. The molecular formula is C27H29N5O4S. The molecule has 0 fully saturated rings. The highest BCUT2D eigenvalue weighted by molar-refractivity contribution is 7.89. The number of hydrogen-bond donors (Lipinski definition) is 2. The van der Waals surface area contributed by atoms with Gasteiger partial charge in [-0.3, -0.25) is 4.79 Å². The number of nitrogens with one attached hydrogen (secondary N) is 1. The molecule has 37 heavy (non-hydrogen) atoms. The number of carbonyl (C=O) groups is 1. The van der Waals surface area contributed by atoms with Crippen molar-refractivity contribution in [3.8, 4) is 16.9 Å². The third-order valence-electron chi connectivity index (χ3n) is 6.17. The van der Waals surface area contributed by atoms with Crippen LogP contribution in [0.3, 0.4) is 0 Å². The standard InChI is InChI=1S/C27H29N5O4S/c1-5-32(6-2)37(34,35)21-10-12-25(36-4)24(15-21)30-26(33)19-8-7-17(3)22(14-19)18-9-11-23-20(13-18)16-29-27(28)31-23/h7-16H,5-6H2,1-4H3,(H,30,33)(H2,28,29,31). The molecule has 0 unspecified atom stereocenters. The fourth-order valence-corrected chi connectivity index (χ4v) is 5.63. The number of benzene rings is 3. The Balaban J connectivity index is 1.68. The molecule has 192 valence electrons. The van der Waals surface area contributed by atoms with Gasteiger partial charge in [-0.2, -0.15) is 4.31 Å². The smallest absolute Gasteiger partial charge is 0.255 e. The first-order valence-electron chi connectivity index (χ1n) is 11.8.